The van der Waals surface area contributed by atoms with Crippen molar-refractivity contribution in [3.05, 3.63) is 62.5 Å². The molecule has 1 amide bonds. The lowest BCUT2D eigenvalue weighted by Gasteiger charge is -2.08. The number of benzene rings is 2. The summed E-state index contributed by atoms with van der Waals surface area (Å²) in [5.74, 6) is -0.784. The van der Waals surface area contributed by atoms with Gasteiger partial charge in [-0.05, 0) is 48.5 Å². The summed E-state index contributed by atoms with van der Waals surface area (Å²) in [6.45, 7) is 1.28. The normalized spacial score (nSPS) is 10.7. The molecule has 0 aliphatic rings. The maximum absolute atomic E-state index is 12.3. The number of anilines is 1. The highest BCUT2D eigenvalue weighted by Crippen LogP contribution is 2.26. The molecular weight excluding hydrogens is 452 g/mol. The number of nitrogens with one attached hydrogen (secondary N) is 1. The Kier molecular flexibility index (Phi) is 6.51. The van der Waals surface area contributed by atoms with Crippen molar-refractivity contribution >= 4 is 55.5 Å². The molecule has 0 saturated carbocycles. The van der Waals surface area contributed by atoms with E-state index in [1.54, 1.807) is 42.5 Å². The minimum atomic E-state index is -0.557. The lowest BCUT2D eigenvalue weighted by Crippen LogP contribution is -2.13. The Labute approximate surface area is 161 Å². The second-order valence-electron chi connectivity index (χ2n) is 4.91. The summed E-state index contributed by atoms with van der Waals surface area (Å²) in [7, 11) is 0. The smallest absolute Gasteiger partial charge is 0.308 e. The Morgan fingerprint density at radius 2 is 1.76 bits per heavy atom. The van der Waals surface area contributed by atoms with Gasteiger partial charge in [-0.15, -0.1) is 0 Å². The van der Waals surface area contributed by atoms with Crippen molar-refractivity contribution in [3.63, 3.8) is 0 Å². The molecular formula is C18H12Br2N2O3. The Bertz CT molecular complexity index is 884. The van der Waals surface area contributed by atoms with Crippen molar-refractivity contribution in [1.82, 2.24) is 0 Å². The van der Waals surface area contributed by atoms with E-state index >= 15 is 0 Å². The second kappa shape index (κ2) is 8.60. The van der Waals surface area contributed by atoms with Crippen LogP contribution in [-0.4, -0.2) is 11.9 Å². The summed E-state index contributed by atoms with van der Waals surface area (Å²) in [4.78, 5) is 23.5. The average Bonchev–Trinajstić information content (AvgIpc) is 2.56. The van der Waals surface area contributed by atoms with Gasteiger partial charge in [0.25, 0.3) is 5.91 Å². The van der Waals surface area contributed by atoms with E-state index in [1.807, 2.05) is 6.07 Å². The number of amides is 1. The van der Waals surface area contributed by atoms with Crippen LogP contribution in [0.3, 0.4) is 0 Å². The van der Waals surface area contributed by atoms with Gasteiger partial charge in [0.15, 0.2) is 0 Å². The van der Waals surface area contributed by atoms with Crippen molar-refractivity contribution in [2.75, 3.05) is 5.32 Å². The van der Waals surface area contributed by atoms with E-state index in [9.17, 15) is 14.9 Å². The molecule has 1 N–H and O–H groups in total. The van der Waals surface area contributed by atoms with Crippen LogP contribution in [0.25, 0.3) is 6.08 Å². The summed E-state index contributed by atoms with van der Waals surface area (Å²) in [6.07, 6.45) is 1.37. The predicted molar refractivity (Wildman–Crippen MR) is 102 cm³/mol. The van der Waals surface area contributed by atoms with Crippen LogP contribution in [0.5, 0.6) is 5.75 Å². The van der Waals surface area contributed by atoms with Gasteiger partial charge >= 0.3 is 5.97 Å². The molecule has 0 fully saturated rings. The van der Waals surface area contributed by atoms with Gasteiger partial charge in [-0.25, -0.2) is 0 Å². The summed E-state index contributed by atoms with van der Waals surface area (Å²) in [6, 6.07) is 13.8. The van der Waals surface area contributed by atoms with E-state index in [2.05, 4.69) is 37.2 Å². The fourth-order valence-electron chi connectivity index (χ4n) is 1.92. The van der Waals surface area contributed by atoms with Crippen LogP contribution in [0.15, 0.2) is 57.0 Å². The molecule has 2 rings (SSSR count). The maximum Gasteiger partial charge on any atom is 0.308 e. The number of carbonyl (C=O) groups excluding carboxylic acids is 2. The largest absolute Gasteiger partial charge is 0.426 e. The maximum atomic E-state index is 12.3. The minimum Gasteiger partial charge on any atom is -0.426 e. The SMILES string of the molecule is CC(=O)Oc1ccc(Br)cc1/C=C(/C#N)C(=O)Nc1ccc(Br)cc1. The van der Waals surface area contributed by atoms with Gasteiger partial charge in [-0.2, -0.15) is 5.26 Å². The molecule has 2 aromatic rings. The molecule has 126 valence electrons. The lowest BCUT2D eigenvalue weighted by atomic mass is 10.1. The van der Waals surface area contributed by atoms with Crippen LogP contribution in [0.1, 0.15) is 12.5 Å². The second-order valence-corrected chi connectivity index (χ2v) is 6.74. The molecule has 0 unspecified atom stereocenters. The van der Waals surface area contributed by atoms with Crippen LogP contribution in [0.2, 0.25) is 0 Å². The van der Waals surface area contributed by atoms with Crippen LogP contribution in [0.4, 0.5) is 5.69 Å². The van der Waals surface area contributed by atoms with E-state index in [0.29, 0.717) is 11.3 Å². The van der Waals surface area contributed by atoms with Gasteiger partial charge in [0.2, 0.25) is 0 Å². The molecule has 0 atom stereocenters. The van der Waals surface area contributed by atoms with Crippen molar-refractivity contribution < 1.29 is 14.3 Å². The number of nitriles is 1. The highest BCUT2D eigenvalue weighted by atomic mass is 79.9. The Balaban J connectivity index is 2.31. The first kappa shape index (κ1) is 18.9. The number of halogens is 2. The molecule has 0 aromatic heterocycles. The Hall–Kier alpha value is -2.43. The van der Waals surface area contributed by atoms with Crippen LogP contribution < -0.4 is 10.1 Å². The molecule has 0 spiro atoms. The first-order valence-electron chi connectivity index (χ1n) is 7.05. The van der Waals surface area contributed by atoms with E-state index in [4.69, 9.17) is 4.74 Å². The molecule has 0 aliphatic heterocycles. The van der Waals surface area contributed by atoms with Crippen molar-refractivity contribution in [2.45, 2.75) is 6.92 Å². The third-order valence-electron chi connectivity index (χ3n) is 2.99. The number of hydrogen-bond donors (Lipinski definition) is 1. The Morgan fingerprint density at radius 1 is 1.12 bits per heavy atom. The molecule has 0 heterocycles. The predicted octanol–water partition coefficient (Wildman–Crippen LogP) is 4.68. The minimum absolute atomic E-state index is 0.116. The molecule has 5 nitrogen and oxygen atoms in total. The van der Waals surface area contributed by atoms with Gasteiger partial charge in [0.05, 0.1) is 0 Å². The van der Waals surface area contributed by atoms with Gasteiger partial charge in [-0.1, -0.05) is 31.9 Å². The number of ether oxygens (including phenoxy) is 1. The quantitative estimate of drug-likeness (QED) is 0.309. The molecule has 0 aliphatic carbocycles. The van der Waals surface area contributed by atoms with Gasteiger partial charge in [0, 0.05) is 27.1 Å². The van der Waals surface area contributed by atoms with E-state index < -0.39 is 11.9 Å². The van der Waals surface area contributed by atoms with E-state index in [-0.39, 0.29) is 11.3 Å². The summed E-state index contributed by atoms with van der Waals surface area (Å²) >= 11 is 6.62. The third-order valence-corrected chi connectivity index (χ3v) is 4.01. The summed E-state index contributed by atoms with van der Waals surface area (Å²) in [5, 5.41) is 12.0. The Morgan fingerprint density at radius 3 is 2.36 bits per heavy atom. The molecule has 7 heteroatoms. The highest BCUT2D eigenvalue weighted by molar-refractivity contribution is 9.10. The van der Waals surface area contributed by atoms with Crippen molar-refractivity contribution in [1.29, 1.82) is 5.26 Å². The topological polar surface area (TPSA) is 79.2 Å². The van der Waals surface area contributed by atoms with Crippen molar-refractivity contribution in [2.24, 2.45) is 0 Å². The number of nitrogens with zero attached hydrogens (tertiary/aromatic N) is 1. The van der Waals surface area contributed by atoms with Crippen LogP contribution in [-0.2, 0) is 9.59 Å². The zero-order valence-electron chi connectivity index (χ0n) is 13.0. The lowest BCUT2D eigenvalue weighted by molar-refractivity contribution is -0.131. The standard InChI is InChI=1S/C18H12Br2N2O3/c1-11(23)25-17-7-4-15(20)9-12(17)8-13(10-21)18(24)22-16-5-2-14(19)3-6-16/h2-9H,1H3,(H,22,24)/b13-8-. The average molecular weight is 464 g/mol. The van der Waals surface area contributed by atoms with Crippen molar-refractivity contribution in [3.8, 4) is 11.8 Å². The van der Waals surface area contributed by atoms with Gasteiger partial charge in [0.1, 0.15) is 17.4 Å². The monoisotopic (exact) mass is 462 g/mol. The number of rotatable bonds is 4. The highest BCUT2D eigenvalue weighted by Gasteiger charge is 2.12. The number of hydrogen-bond acceptors (Lipinski definition) is 4. The van der Waals surface area contributed by atoms with Crippen LogP contribution in [0, 0.1) is 11.3 Å². The van der Waals surface area contributed by atoms with Gasteiger partial charge in [-0.3, -0.25) is 9.59 Å². The fraction of sp³-hybridized carbons (Fsp3) is 0.0556. The number of carbonyl (C=O) groups is 2. The van der Waals surface area contributed by atoms with Gasteiger partial charge < -0.3 is 10.1 Å². The zero-order chi connectivity index (χ0) is 18.4. The molecule has 2 aromatic carbocycles. The van der Waals surface area contributed by atoms with Crippen LogP contribution >= 0.6 is 31.9 Å². The number of esters is 1. The van der Waals surface area contributed by atoms with E-state index in [0.717, 1.165) is 8.95 Å². The summed E-state index contributed by atoms with van der Waals surface area (Å²) in [5.41, 5.74) is 0.880. The zero-order valence-corrected chi connectivity index (χ0v) is 16.2. The summed E-state index contributed by atoms with van der Waals surface area (Å²) < 4.78 is 6.71. The van der Waals surface area contributed by atoms with E-state index in [1.165, 1.54) is 13.0 Å². The molecule has 25 heavy (non-hydrogen) atoms. The first-order chi connectivity index (χ1) is 11.9. The first-order valence-corrected chi connectivity index (χ1v) is 8.64. The third kappa shape index (κ3) is 5.55. The molecule has 0 radical (unpaired) electrons. The molecule has 0 bridgehead atoms. The molecule has 0 saturated heterocycles. The fourth-order valence-corrected chi connectivity index (χ4v) is 2.56.